The summed E-state index contributed by atoms with van der Waals surface area (Å²) in [5.41, 5.74) is 0.105. The largest absolute Gasteiger partial charge is 0.495 e. The number of hydrogen-bond donors (Lipinski definition) is 2. The maximum absolute atomic E-state index is 13.4. The molecule has 4 amide bonds. The number of carbonyl (C=O) groups is 3. The summed E-state index contributed by atoms with van der Waals surface area (Å²) >= 11 is 0. The number of nitrogens with one attached hydrogen (secondary N) is 2. The standard InChI is InChI=1S/C24H25N5O5/c1-3-13-24(16-9-5-4-6-10-16)22(31)29(23(32)27-24)15-21-26-19(28-34-21)14-20(30)25-17-11-7-8-12-18(17)33-2/h4-12H,3,13-15H2,1-2H3,(H,25,30)(H,27,32)/t24-/m0/s1. The van der Waals surface area contributed by atoms with Crippen molar-refractivity contribution < 1.29 is 23.6 Å². The van der Waals surface area contributed by atoms with E-state index in [2.05, 4.69) is 20.8 Å². The van der Waals surface area contributed by atoms with E-state index in [1.165, 1.54) is 7.11 Å². The van der Waals surface area contributed by atoms with Gasteiger partial charge in [-0.05, 0) is 24.1 Å². The third-order valence-electron chi connectivity index (χ3n) is 5.57. The Morgan fingerprint density at radius 1 is 1.15 bits per heavy atom. The van der Waals surface area contributed by atoms with E-state index in [0.29, 0.717) is 24.3 Å². The summed E-state index contributed by atoms with van der Waals surface area (Å²) < 4.78 is 10.4. The van der Waals surface area contributed by atoms with Crippen molar-refractivity contribution in [3.05, 3.63) is 71.9 Å². The third kappa shape index (κ3) is 4.47. The monoisotopic (exact) mass is 463 g/mol. The predicted octanol–water partition coefficient (Wildman–Crippen LogP) is 3.01. The number of ether oxygens (including phenoxy) is 1. The van der Waals surface area contributed by atoms with Crippen molar-refractivity contribution >= 4 is 23.5 Å². The molecule has 1 atom stereocenters. The molecule has 1 aliphatic rings. The van der Waals surface area contributed by atoms with Gasteiger partial charge in [0, 0.05) is 0 Å². The predicted molar refractivity (Wildman–Crippen MR) is 122 cm³/mol. The molecule has 4 rings (SSSR count). The van der Waals surface area contributed by atoms with Crippen LogP contribution in [0.25, 0.3) is 0 Å². The number of nitrogens with zero attached hydrogens (tertiary/aromatic N) is 3. The Balaban J connectivity index is 1.45. The molecule has 0 radical (unpaired) electrons. The lowest BCUT2D eigenvalue weighted by Gasteiger charge is -2.26. The van der Waals surface area contributed by atoms with Crippen LogP contribution in [0, 0.1) is 0 Å². The SMILES string of the molecule is CCC[C@@]1(c2ccccc2)NC(=O)N(Cc2nc(CC(=O)Nc3ccccc3OC)no2)C1=O. The normalized spacial score (nSPS) is 17.5. The first-order valence-corrected chi connectivity index (χ1v) is 10.9. The van der Waals surface area contributed by atoms with Crippen molar-refractivity contribution in [3.8, 4) is 5.75 Å². The molecule has 34 heavy (non-hydrogen) atoms. The number of aromatic nitrogens is 2. The van der Waals surface area contributed by atoms with Gasteiger partial charge >= 0.3 is 6.03 Å². The molecule has 2 N–H and O–H groups in total. The molecular weight excluding hydrogens is 438 g/mol. The van der Waals surface area contributed by atoms with E-state index in [1.54, 1.807) is 24.3 Å². The number of anilines is 1. The number of benzene rings is 2. The van der Waals surface area contributed by atoms with Gasteiger partial charge in [0.1, 0.15) is 17.8 Å². The molecule has 1 saturated heterocycles. The van der Waals surface area contributed by atoms with E-state index in [-0.39, 0.29) is 36.5 Å². The van der Waals surface area contributed by atoms with Crippen LogP contribution < -0.4 is 15.4 Å². The molecule has 0 bridgehead atoms. The average Bonchev–Trinajstić information content (AvgIpc) is 3.38. The molecule has 176 valence electrons. The van der Waals surface area contributed by atoms with E-state index in [1.807, 2.05) is 37.3 Å². The van der Waals surface area contributed by atoms with Crippen LogP contribution in [0.5, 0.6) is 5.75 Å². The maximum atomic E-state index is 13.4. The molecule has 0 aliphatic carbocycles. The Hall–Kier alpha value is -4.21. The number of carbonyl (C=O) groups excluding carboxylic acids is 3. The van der Waals surface area contributed by atoms with Gasteiger partial charge in [-0.15, -0.1) is 0 Å². The van der Waals surface area contributed by atoms with Gasteiger partial charge in [0.25, 0.3) is 5.91 Å². The number of urea groups is 1. The second kappa shape index (κ2) is 9.74. The Labute approximate surface area is 196 Å². The van der Waals surface area contributed by atoms with Gasteiger partial charge in [0.2, 0.25) is 11.8 Å². The van der Waals surface area contributed by atoms with Crippen molar-refractivity contribution in [1.82, 2.24) is 20.4 Å². The van der Waals surface area contributed by atoms with Gasteiger partial charge in [-0.2, -0.15) is 4.98 Å². The first-order valence-electron chi connectivity index (χ1n) is 10.9. The number of methoxy groups -OCH3 is 1. The highest BCUT2D eigenvalue weighted by molar-refractivity contribution is 6.07. The summed E-state index contributed by atoms with van der Waals surface area (Å²) in [5, 5.41) is 9.40. The molecule has 2 aromatic carbocycles. The van der Waals surface area contributed by atoms with Crippen LogP contribution in [0.2, 0.25) is 0 Å². The molecule has 10 nitrogen and oxygen atoms in total. The second-order valence-electron chi connectivity index (χ2n) is 7.87. The quantitative estimate of drug-likeness (QED) is 0.467. The third-order valence-corrected chi connectivity index (χ3v) is 5.57. The Morgan fingerprint density at radius 3 is 2.62 bits per heavy atom. The molecule has 1 fully saturated rings. The first-order chi connectivity index (χ1) is 16.5. The molecule has 2 heterocycles. The van der Waals surface area contributed by atoms with Crippen molar-refractivity contribution in [3.63, 3.8) is 0 Å². The van der Waals surface area contributed by atoms with Crippen LogP contribution in [0.1, 0.15) is 37.0 Å². The van der Waals surface area contributed by atoms with Crippen LogP contribution in [-0.4, -0.2) is 40.0 Å². The fraction of sp³-hybridized carbons (Fsp3) is 0.292. The molecule has 0 unspecified atom stereocenters. The summed E-state index contributed by atoms with van der Waals surface area (Å²) in [7, 11) is 1.51. The lowest BCUT2D eigenvalue weighted by molar-refractivity contribution is -0.132. The van der Waals surface area contributed by atoms with Crippen LogP contribution >= 0.6 is 0 Å². The fourth-order valence-electron chi connectivity index (χ4n) is 4.02. The van der Waals surface area contributed by atoms with Gasteiger partial charge in [-0.1, -0.05) is 61.0 Å². The van der Waals surface area contributed by atoms with Gasteiger partial charge in [-0.3, -0.25) is 14.5 Å². The van der Waals surface area contributed by atoms with Gasteiger partial charge in [0.05, 0.1) is 19.2 Å². The van der Waals surface area contributed by atoms with Crippen LogP contribution in [-0.2, 0) is 28.1 Å². The van der Waals surface area contributed by atoms with Gasteiger partial charge < -0.3 is 19.9 Å². The topological polar surface area (TPSA) is 127 Å². The number of rotatable bonds is 9. The zero-order valence-corrected chi connectivity index (χ0v) is 18.9. The lowest BCUT2D eigenvalue weighted by atomic mass is 9.85. The van der Waals surface area contributed by atoms with E-state index in [4.69, 9.17) is 9.26 Å². The lowest BCUT2D eigenvalue weighted by Crippen LogP contribution is -2.43. The molecular formula is C24H25N5O5. The number of imide groups is 1. The molecule has 10 heteroatoms. The average molecular weight is 463 g/mol. The number of para-hydroxylation sites is 2. The Bertz CT molecular complexity index is 1200. The van der Waals surface area contributed by atoms with E-state index in [9.17, 15) is 14.4 Å². The van der Waals surface area contributed by atoms with E-state index in [0.717, 1.165) is 10.5 Å². The molecule has 0 saturated carbocycles. The highest BCUT2D eigenvalue weighted by Crippen LogP contribution is 2.34. The van der Waals surface area contributed by atoms with Crippen molar-refractivity contribution in [2.24, 2.45) is 0 Å². The summed E-state index contributed by atoms with van der Waals surface area (Å²) in [6.07, 6.45) is 1.00. The summed E-state index contributed by atoms with van der Waals surface area (Å²) in [6.45, 7) is 1.76. The van der Waals surface area contributed by atoms with Crippen molar-refractivity contribution in [2.75, 3.05) is 12.4 Å². The first kappa shape index (κ1) is 23.0. The molecule has 0 spiro atoms. The van der Waals surface area contributed by atoms with Crippen molar-refractivity contribution in [1.29, 1.82) is 0 Å². The van der Waals surface area contributed by atoms with Crippen LogP contribution in [0.4, 0.5) is 10.5 Å². The van der Waals surface area contributed by atoms with Crippen LogP contribution in [0.15, 0.2) is 59.1 Å². The highest BCUT2D eigenvalue weighted by Gasteiger charge is 2.52. The van der Waals surface area contributed by atoms with E-state index < -0.39 is 11.6 Å². The minimum absolute atomic E-state index is 0.0592. The van der Waals surface area contributed by atoms with E-state index >= 15 is 0 Å². The zero-order chi connectivity index (χ0) is 24.1. The summed E-state index contributed by atoms with van der Waals surface area (Å²) in [5.74, 6) is -0.0180. The summed E-state index contributed by atoms with van der Waals surface area (Å²) in [4.78, 5) is 43.7. The maximum Gasteiger partial charge on any atom is 0.325 e. The molecule has 1 aliphatic heterocycles. The zero-order valence-electron chi connectivity index (χ0n) is 18.9. The highest BCUT2D eigenvalue weighted by atomic mass is 16.5. The fourth-order valence-corrected chi connectivity index (χ4v) is 4.02. The minimum Gasteiger partial charge on any atom is -0.495 e. The minimum atomic E-state index is -1.13. The summed E-state index contributed by atoms with van der Waals surface area (Å²) in [6, 6.07) is 15.6. The second-order valence-corrected chi connectivity index (χ2v) is 7.87. The van der Waals surface area contributed by atoms with Crippen molar-refractivity contribution in [2.45, 2.75) is 38.3 Å². The molecule has 1 aromatic heterocycles. The van der Waals surface area contributed by atoms with Gasteiger partial charge in [0.15, 0.2) is 5.82 Å². The van der Waals surface area contributed by atoms with Crippen LogP contribution in [0.3, 0.4) is 0 Å². The Kier molecular flexibility index (Phi) is 6.58. The molecule has 3 aromatic rings. The Morgan fingerprint density at radius 2 is 1.88 bits per heavy atom. The number of hydrogen-bond acceptors (Lipinski definition) is 7. The van der Waals surface area contributed by atoms with Gasteiger partial charge in [-0.25, -0.2) is 4.79 Å². The smallest absolute Gasteiger partial charge is 0.325 e. The number of amides is 4.